The van der Waals surface area contributed by atoms with Gasteiger partial charge in [-0.3, -0.25) is 4.79 Å². The molecule has 1 rings (SSSR count). The molecule has 0 radical (unpaired) electrons. The van der Waals surface area contributed by atoms with Crippen LogP contribution in [0.1, 0.15) is 5.56 Å². The van der Waals surface area contributed by atoms with Crippen LogP contribution >= 0.6 is 0 Å². The molecule has 0 heterocycles. The first-order chi connectivity index (χ1) is 11.3. The Balaban J connectivity index is 2.71. The maximum atomic E-state index is 11.6. The fourth-order valence-corrected chi connectivity index (χ4v) is 1.69. The normalized spacial score (nSPS) is 16.3. The summed E-state index contributed by atoms with van der Waals surface area (Å²) in [5.41, 5.74) is 0.348. The molecule has 0 fully saturated rings. The van der Waals surface area contributed by atoms with Crippen LogP contribution in [0.15, 0.2) is 24.3 Å². The summed E-state index contributed by atoms with van der Waals surface area (Å²) in [7, 11) is 0. The minimum absolute atomic E-state index is 0.0656. The SMILES string of the molecule is O=C[C@H](OC(=O)C=Cc1ccc(O)c(O)c1)[C@@H](O)[C@H](O)[C@H](O)CO. The van der Waals surface area contributed by atoms with Gasteiger partial charge >= 0.3 is 5.97 Å². The molecule has 0 saturated carbocycles. The minimum atomic E-state index is -1.93. The lowest BCUT2D eigenvalue weighted by atomic mass is 10.0. The number of phenols is 2. The Morgan fingerprint density at radius 3 is 2.33 bits per heavy atom. The lowest BCUT2D eigenvalue weighted by Crippen LogP contribution is -2.47. The van der Waals surface area contributed by atoms with Crippen LogP contribution in [0, 0.1) is 0 Å². The highest BCUT2D eigenvalue weighted by atomic mass is 16.6. The van der Waals surface area contributed by atoms with E-state index in [9.17, 15) is 30.0 Å². The van der Waals surface area contributed by atoms with Gasteiger partial charge in [-0.15, -0.1) is 0 Å². The first-order valence-electron chi connectivity index (χ1n) is 6.81. The van der Waals surface area contributed by atoms with Crippen LogP contribution in [0.3, 0.4) is 0 Å². The maximum Gasteiger partial charge on any atom is 0.331 e. The van der Waals surface area contributed by atoms with E-state index in [0.29, 0.717) is 5.56 Å². The van der Waals surface area contributed by atoms with Crippen molar-refractivity contribution in [1.29, 1.82) is 0 Å². The quantitative estimate of drug-likeness (QED) is 0.140. The van der Waals surface area contributed by atoms with E-state index in [4.69, 9.17) is 10.2 Å². The van der Waals surface area contributed by atoms with Gasteiger partial charge in [-0.1, -0.05) is 6.07 Å². The van der Waals surface area contributed by atoms with Crippen LogP contribution in [0.5, 0.6) is 11.5 Å². The third-order valence-corrected chi connectivity index (χ3v) is 3.07. The number of aldehydes is 1. The van der Waals surface area contributed by atoms with E-state index in [2.05, 4.69) is 4.74 Å². The molecular weight excluding hydrogens is 324 g/mol. The number of phenolic OH excluding ortho intramolecular Hbond substituents is 2. The summed E-state index contributed by atoms with van der Waals surface area (Å²) in [5.74, 6) is -1.77. The molecule has 9 nitrogen and oxygen atoms in total. The summed E-state index contributed by atoms with van der Waals surface area (Å²) in [5, 5.41) is 55.5. The fraction of sp³-hybridized carbons (Fsp3) is 0.333. The molecule has 0 aliphatic carbocycles. The van der Waals surface area contributed by atoms with Crippen LogP contribution in [0.4, 0.5) is 0 Å². The van der Waals surface area contributed by atoms with Gasteiger partial charge in [-0.05, 0) is 23.8 Å². The van der Waals surface area contributed by atoms with Crippen LogP contribution in [0.2, 0.25) is 0 Å². The van der Waals surface area contributed by atoms with E-state index in [1.807, 2.05) is 0 Å². The Labute approximate surface area is 136 Å². The average Bonchev–Trinajstić information content (AvgIpc) is 2.58. The third kappa shape index (κ3) is 5.32. The van der Waals surface area contributed by atoms with E-state index < -0.39 is 42.7 Å². The zero-order valence-corrected chi connectivity index (χ0v) is 12.4. The van der Waals surface area contributed by atoms with Gasteiger partial charge in [0.1, 0.15) is 18.3 Å². The van der Waals surface area contributed by atoms with Gasteiger partial charge in [0, 0.05) is 6.08 Å². The summed E-state index contributed by atoms with van der Waals surface area (Å²) >= 11 is 0. The van der Waals surface area contributed by atoms with Crippen molar-refractivity contribution in [2.75, 3.05) is 6.61 Å². The second kappa shape index (κ2) is 8.99. The molecule has 0 aliphatic heterocycles. The molecular formula is C15H18O9. The minimum Gasteiger partial charge on any atom is -0.504 e. The van der Waals surface area contributed by atoms with Gasteiger partial charge in [0.25, 0.3) is 0 Å². The Morgan fingerprint density at radius 1 is 1.12 bits per heavy atom. The van der Waals surface area contributed by atoms with Crippen molar-refractivity contribution in [3.05, 3.63) is 29.8 Å². The summed E-state index contributed by atoms with van der Waals surface area (Å²) in [4.78, 5) is 22.5. The van der Waals surface area contributed by atoms with Gasteiger partial charge in [0.05, 0.1) is 6.61 Å². The predicted octanol–water partition coefficient (Wildman–Crippen LogP) is -1.70. The number of aliphatic hydroxyl groups excluding tert-OH is 4. The van der Waals surface area contributed by atoms with Gasteiger partial charge < -0.3 is 35.4 Å². The van der Waals surface area contributed by atoms with E-state index in [1.54, 1.807) is 0 Å². The van der Waals surface area contributed by atoms with Crippen molar-refractivity contribution in [3.8, 4) is 11.5 Å². The van der Waals surface area contributed by atoms with Crippen molar-refractivity contribution in [1.82, 2.24) is 0 Å². The Morgan fingerprint density at radius 2 is 1.79 bits per heavy atom. The molecule has 1 aromatic rings. The van der Waals surface area contributed by atoms with Crippen molar-refractivity contribution in [3.63, 3.8) is 0 Å². The molecule has 9 heteroatoms. The molecule has 4 atom stereocenters. The highest BCUT2D eigenvalue weighted by Gasteiger charge is 2.33. The smallest absolute Gasteiger partial charge is 0.331 e. The lowest BCUT2D eigenvalue weighted by Gasteiger charge is -2.25. The van der Waals surface area contributed by atoms with E-state index in [1.165, 1.54) is 24.3 Å². The van der Waals surface area contributed by atoms with Crippen LogP contribution in [0.25, 0.3) is 6.08 Å². The van der Waals surface area contributed by atoms with Crippen molar-refractivity contribution in [2.45, 2.75) is 24.4 Å². The van der Waals surface area contributed by atoms with Crippen LogP contribution < -0.4 is 0 Å². The van der Waals surface area contributed by atoms with Crippen molar-refractivity contribution in [2.24, 2.45) is 0 Å². The van der Waals surface area contributed by atoms with Crippen LogP contribution in [-0.2, 0) is 14.3 Å². The van der Waals surface area contributed by atoms with Crippen molar-refractivity contribution < 1.29 is 45.0 Å². The van der Waals surface area contributed by atoms with E-state index in [-0.39, 0.29) is 12.0 Å². The van der Waals surface area contributed by atoms with Crippen molar-refractivity contribution >= 4 is 18.3 Å². The zero-order valence-electron chi connectivity index (χ0n) is 12.4. The molecule has 0 bridgehead atoms. The lowest BCUT2D eigenvalue weighted by molar-refractivity contribution is -0.163. The van der Waals surface area contributed by atoms with Gasteiger partial charge in [0.2, 0.25) is 0 Å². The first kappa shape index (κ1) is 19.6. The van der Waals surface area contributed by atoms with Gasteiger partial charge in [0.15, 0.2) is 23.9 Å². The Kier molecular flexibility index (Phi) is 7.33. The monoisotopic (exact) mass is 342 g/mol. The van der Waals surface area contributed by atoms with E-state index in [0.717, 1.165) is 6.08 Å². The maximum absolute atomic E-state index is 11.6. The molecule has 132 valence electrons. The molecule has 0 unspecified atom stereocenters. The summed E-state index contributed by atoms with van der Waals surface area (Å²) in [6, 6.07) is 3.77. The number of hydrogen-bond acceptors (Lipinski definition) is 9. The number of esters is 1. The number of rotatable bonds is 8. The molecule has 0 aliphatic rings. The number of carbonyl (C=O) groups excluding carboxylic acids is 2. The van der Waals surface area contributed by atoms with Gasteiger partial charge in [-0.25, -0.2) is 4.79 Å². The second-order valence-corrected chi connectivity index (χ2v) is 4.85. The average molecular weight is 342 g/mol. The number of hydrogen-bond donors (Lipinski definition) is 6. The fourth-order valence-electron chi connectivity index (χ4n) is 1.69. The number of benzene rings is 1. The number of aromatic hydroxyl groups is 2. The topological polar surface area (TPSA) is 165 Å². The molecule has 24 heavy (non-hydrogen) atoms. The van der Waals surface area contributed by atoms with Gasteiger partial charge in [-0.2, -0.15) is 0 Å². The van der Waals surface area contributed by atoms with Crippen LogP contribution in [-0.4, -0.2) is 73.9 Å². The molecule has 1 aromatic carbocycles. The Hall–Kier alpha value is -2.46. The number of aliphatic hydroxyl groups is 4. The largest absolute Gasteiger partial charge is 0.504 e. The Bertz CT molecular complexity index is 599. The highest BCUT2D eigenvalue weighted by Crippen LogP contribution is 2.25. The zero-order chi connectivity index (χ0) is 18.3. The van der Waals surface area contributed by atoms with E-state index >= 15 is 0 Å². The molecule has 0 spiro atoms. The first-order valence-corrected chi connectivity index (χ1v) is 6.81. The molecule has 0 saturated heterocycles. The molecule has 0 amide bonds. The second-order valence-electron chi connectivity index (χ2n) is 4.85. The third-order valence-electron chi connectivity index (χ3n) is 3.07. The standard InChI is InChI=1S/C15H18O9/c16-6-11(20)14(22)15(23)12(7-17)24-13(21)4-2-8-1-3-9(18)10(19)5-8/h1-5,7,11-12,14-16,18-20,22-23H,6H2/t11-,12+,14-,15-/m1/s1. The summed E-state index contributed by atoms with van der Waals surface area (Å²) < 4.78 is 4.64. The number of carbonyl (C=O) groups is 2. The summed E-state index contributed by atoms with van der Waals surface area (Å²) in [6.45, 7) is -0.859. The predicted molar refractivity (Wildman–Crippen MR) is 79.9 cm³/mol. The summed E-state index contributed by atoms with van der Waals surface area (Å²) in [6.07, 6.45) is -5.12. The molecule has 0 aromatic heterocycles. The molecule has 6 N–H and O–H groups in total. The number of ether oxygens (including phenoxy) is 1. The highest BCUT2D eigenvalue weighted by molar-refractivity contribution is 5.88.